The average molecular weight is 498 g/mol. The molecule has 1 aromatic carbocycles. The molecule has 2 amide bonds. The van der Waals surface area contributed by atoms with E-state index in [0.29, 0.717) is 62.0 Å². The van der Waals surface area contributed by atoms with Crippen LogP contribution < -0.4 is 5.32 Å². The van der Waals surface area contributed by atoms with Crippen molar-refractivity contribution in [3.05, 3.63) is 34.8 Å². The van der Waals surface area contributed by atoms with E-state index in [9.17, 15) is 18.0 Å². The second kappa shape index (κ2) is 9.82. The first-order valence-corrected chi connectivity index (χ1v) is 13.2. The van der Waals surface area contributed by atoms with Crippen LogP contribution in [0.1, 0.15) is 25.7 Å². The first-order chi connectivity index (χ1) is 15.3. The summed E-state index contributed by atoms with van der Waals surface area (Å²) in [7, 11) is -3.59. The molecule has 1 aromatic heterocycles. The van der Waals surface area contributed by atoms with Crippen LogP contribution in [0.3, 0.4) is 0 Å². The number of hydrogen-bond donors (Lipinski definition) is 1. The third-order valence-electron chi connectivity index (χ3n) is 6.02. The van der Waals surface area contributed by atoms with E-state index in [2.05, 4.69) is 15.5 Å². The van der Waals surface area contributed by atoms with E-state index in [0.717, 1.165) is 0 Å². The van der Waals surface area contributed by atoms with E-state index in [4.69, 9.17) is 11.6 Å². The quantitative estimate of drug-likeness (QED) is 0.679. The maximum atomic E-state index is 13.0. The second-order valence-electron chi connectivity index (χ2n) is 7.96. The zero-order valence-corrected chi connectivity index (χ0v) is 19.7. The highest BCUT2D eigenvalue weighted by molar-refractivity contribution is 7.89. The van der Waals surface area contributed by atoms with Crippen molar-refractivity contribution < 1.29 is 18.0 Å². The number of nitrogens with zero attached hydrogens (tertiary/aromatic N) is 4. The smallest absolute Gasteiger partial charge is 0.243 e. The number of halogens is 1. The van der Waals surface area contributed by atoms with Gasteiger partial charge in [0.25, 0.3) is 0 Å². The maximum absolute atomic E-state index is 13.0. The molecule has 4 rings (SSSR count). The van der Waals surface area contributed by atoms with Crippen molar-refractivity contribution in [2.45, 2.75) is 30.6 Å². The molecule has 0 aliphatic carbocycles. The number of sulfonamides is 1. The van der Waals surface area contributed by atoms with Crippen molar-refractivity contribution in [2.75, 3.05) is 31.5 Å². The Morgan fingerprint density at radius 2 is 1.62 bits per heavy atom. The van der Waals surface area contributed by atoms with Crippen molar-refractivity contribution >= 4 is 49.9 Å². The van der Waals surface area contributed by atoms with Crippen molar-refractivity contribution in [3.8, 4) is 0 Å². The van der Waals surface area contributed by atoms with Crippen molar-refractivity contribution in [1.29, 1.82) is 0 Å². The summed E-state index contributed by atoms with van der Waals surface area (Å²) in [6.07, 6.45) is 2.17. The Labute approximate surface area is 195 Å². The molecule has 2 aromatic rings. The number of piperidine rings is 2. The molecule has 0 unspecified atom stereocenters. The molecular formula is C20H24ClN5O4S2. The highest BCUT2D eigenvalue weighted by atomic mass is 35.5. The van der Waals surface area contributed by atoms with Crippen LogP contribution in [0.5, 0.6) is 0 Å². The molecule has 32 heavy (non-hydrogen) atoms. The zero-order chi connectivity index (χ0) is 22.7. The van der Waals surface area contributed by atoms with Crippen LogP contribution in [0.4, 0.5) is 5.13 Å². The molecule has 0 saturated carbocycles. The molecule has 2 aliphatic heterocycles. The Hall–Kier alpha value is -2.08. The molecular weight excluding hydrogens is 474 g/mol. The molecule has 0 atom stereocenters. The summed E-state index contributed by atoms with van der Waals surface area (Å²) < 4.78 is 27.1. The lowest BCUT2D eigenvalue weighted by Crippen LogP contribution is -2.47. The lowest BCUT2D eigenvalue weighted by atomic mass is 9.92. The van der Waals surface area contributed by atoms with Gasteiger partial charge in [-0.05, 0) is 49.9 Å². The minimum absolute atomic E-state index is 0.0523. The van der Waals surface area contributed by atoms with Crippen LogP contribution in [0.25, 0.3) is 0 Å². The van der Waals surface area contributed by atoms with Gasteiger partial charge in [0, 0.05) is 43.0 Å². The van der Waals surface area contributed by atoms with Crippen LogP contribution >= 0.6 is 22.9 Å². The molecule has 9 nitrogen and oxygen atoms in total. The second-order valence-corrected chi connectivity index (χ2v) is 11.2. The molecule has 0 bridgehead atoms. The predicted octanol–water partition coefficient (Wildman–Crippen LogP) is 2.47. The van der Waals surface area contributed by atoms with Gasteiger partial charge in [0.05, 0.1) is 4.90 Å². The van der Waals surface area contributed by atoms with Crippen molar-refractivity contribution in [1.82, 2.24) is 19.4 Å². The van der Waals surface area contributed by atoms with Gasteiger partial charge in [-0.3, -0.25) is 9.59 Å². The summed E-state index contributed by atoms with van der Waals surface area (Å²) in [5.74, 6) is -0.390. The SMILES string of the molecule is O=C(Nc1nncs1)C1CCN(C(=O)C2CCN(S(=O)(=O)c3ccc(Cl)cc3)CC2)CC1. The van der Waals surface area contributed by atoms with Gasteiger partial charge in [0.15, 0.2) is 0 Å². The Kier molecular flexibility index (Phi) is 7.08. The molecule has 2 fully saturated rings. The molecule has 2 saturated heterocycles. The minimum Gasteiger partial charge on any atom is -0.342 e. The fourth-order valence-corrected chi connectivity index (χ4v) is 6.20. The average Bonchev–Trinajstić information content (AvgIpc) is 3.32. The van der Waals surface area contributed by atoms with Crippen LogP contribution in [0.15, 0.2) is 34.7 Å². The van der Waals surface area contributed by atoms with Crippen molar-refractivity contribution in [3.63, 3.8) is 0 Å². The molecule has 3 heterocycles. The number of amides is 2. The lowest BCUT2D eigenvalue weighted by Gasteiger charge is -2.36. The van der Waals surface area contributed by atoms with Gasteiger partial charge in [-0.15, -0.1) is 10.2 Å². The number of likely N-dealkylation sites (tertiary alicyclic amines) is 1. The fraction of sp³-hybridized carbons (Fsp3) is 0.500. The Balaban J connectivity index is 1.27. The summed E-state index contributed by atoms with van der Waals surface area (Å²) in [4.78, 5) is 27.4. The zero-order valence-electron chi connectivity index (χ0n) is 17.3. The number of carbonyl (C=O) groups excluding carboxylic acids is 2. The standard InChI is InChI=1S/C20H24ClN5O4S2/c21-16-1-3-17(4-2-16)32(29,30)26-11-7-15(8-12-26)19(28)25-9-5-14(6-10-25)18(27)23-20-24-22-13-31-20/h1-4,13-15H,5-12H2,(H,23,24,27). The highest BCUT2D eigenvalue weighted by Gasteiger charge is 2.35. The normalized spacial score (nSPS) is 19.1. The van der Waals surface area contributed by atoms with Gasteiger partial charge < -0.3 is 10.2 Å². The summed E-state index contributed by atoms with van der Waals surface area (Å²) in [5.41, 5.74) is 1.56. The van der Waals surface area contributed by atoms with Crippen LogP contribution in [-0.4, -0.2) is 65.8 Å². The Morgan fingerprint density at radius 1 is 1.00 bits per heavy atom. The number of anilines is 1. The van der Waals surface area contributed by atoms with Crippen LogP contribution in [-0.2, 0) is 19.6 Å². The lowest BCUT2D eigenvalue weighted by molar-refractivity contribution is -0.139. The molecule has 0 radical (unpaired) electrons. The van der Waals surface area contributed by atoms with Crippen LogP contribution in [0.2, 0.25) is 5.02 Å². The first-order valence-electron chi connectivity index (χ1n) is 10.5. The van der Waals surface area contributed by atoms with E-state index in [-0.39, 0.29) is 28.5 Å². The predicted molar refractivity (Wildman–Crippen MR) is 121 cm³/mol. The number of rotatable bonds is 5. The monoisotopic (exact) mass is 497 g/mol. The van der Waals surface area contributed by atoms with Gasteiger partial charge in [-0.2, -0.15) is 4.31 Å². The summed E-state index contributed by atoms with van der Waals surface area (Å²) in [6.45, 7) is 1.66. The van der Waals surface area contributed by atoms with E-state index in [1.165, 1.54) is 27.8 Å². The fourth-order valence-electron chi connectivity index (χ4n) is 4.15. The number of hydrogen-bond acceptors (Lipinski definition) is 7. The number of aromatic nitrogens is 2. The number of nitrogens with one attached hydrogen (secondary N) is 1. The largest absolute Gasteiger partial charge is 0.342 e. The highest BCUT2D eigenvalue weighted by Crippen LogP contribution is 2.28. The third kappa shape index (κ3) is 5.11. The van der Waals surface area contributed by atoms with E-state index in [1.54, 1.807) is 17.6 Å². The van der Waals surface area contributed by atoms with Gasteiger partial charge in [-0.1, -0.05) is 22.9 Å². The minimum atomic E-state index is -3.59. The topological polar surface area (TPSA) is 113 Å². The summed E-state index contributed by atoms with van der Waals surface area (Å²) in [6, 6.07) is 6.12. The molecule has 172 valence electrons. The van der Waals surface area contributed by atoms with Crippen molar-refractivity contribution in [2.24, 2.45) is 11.8 Å². The first kappa shape index (κ1) is 23.1. The Morgan fingerprint density at radius 3 is 2.22 bits per heavy atom. The third-order valence-corrected chi connectivity index (χ3v) is 8.79. The van der Waals surface area contributed by atoms with Gasteiger partial charge in [-0.25, -0.2) is 8.42 Å². The molecule has 1 N–H and O–H groups in total. The Bertz CT molecular complexity index is 1050. The summed E-state index contributed by atoms with van der Waals surface area (Å²) in [5, 5.41) is 11.3. The van der Waals surface area contributed by atoms with E-state index in [1.807, 2.05) is 4.90 Å². The molecule has 0 spiro atoms. The number of benzene rings is 1. The van der Waals surface area contributed by atoms with E-state index >= 15 is 0 Å². The van der Waals surface area contributed by atoms with E-state index < -0.39 is 10.0 Å². The summed E-state index contributed by atoms with van der Waals surface area (Å²) >= 11 is 7.12. The van der Waals surface area contributed by atoms with Gasteiger partial charge >= 0.3 is 0 Å². The maximum Gasteiger partial charge on any atom is 0.243 e. The van der Waals surface area contributed by atoms with Gasteiger partial charge in [0.2, 0.25) is 27.0 Å². The number of carbonyl (C=O) groups is 2. The van der Waals surface area contributed by atoms with Gasteiger partial charge in [0.1, 0.15) is 5.51 Å². The van der Waals surface area contributed by atoms with Crippen LogP contribution in [0, 0.1) is 11.8 Å². The molecule has 2 aliphatic rings. The molecule has 12 heteroatoms.